The van der Waals surface area contributed by atoms with Crippen LogP contribution in [0.25, 0.3) is 46.1 Å². The number of carboxylic acid groups (broad SMARTS) is 2. The Morgan fingerprint density at radius 1 is 0.654 bits per heavy atom. The zero-order valence-corrected chi connectivity index (χ0v) is 42.1. The number of hydrogen-bond acceptors (Lipinski definition) is 9. The van der Waals surface area contributed by atoms with Gasteiger partial charge in [-0.2, -0.15) is 0 Å². The van der Waals surface area contributed by atoms with E-state index >= 15 is 15.3 Å². The fourth-order valence-corrected chi connectivity index (χ4v) is 26.1. The molecule has 6 spiro atoms. The van der Waals surface area contributed by atoms with Crippen LogP contribution in [0, 0.1) is 29.6 Å². The summed E-state index contributed by atoms with van der Waals surface area (Å²) in [6, 6.07) is 13.0. The molecule has 24 aliphatic rings. The lowest BCUT2D eigenvalue weighted by molar-refractivity contribution is -0.197. The molecule has 382 valence electrons. The van der Waals surface area contributed by atoms with Gasteiger partial charge in [0.05, 0.1) is 11.1 Å². The number of hydrogen-bond donors (Lipinski definition) is 6. The number of aliphatic hydroxyl groups is 4. The fourth-order valence-electron chi connectivity index (χ4n) is 26.1. The monoisotopic (exact) mass is 1050 g/mol. The van der Waals surface area contributed by atoms with Gasteiger partial charge in [0.1, 0.15) is 33.6 Å². The van der Waals surface area contributed by atoms with Gasteiger partial charge >= 0.3 is 11.9 Å². The van der Waals surface area contributed by atoms with Crippen LogP contribution in [0.2, 0.25) is 0 Å². The predicted molar refractivity (Wildman–Crippen MR) is 284 cm³/mol. The van der Waals surface area contributed by atoms with E-state index in [0.29, 0.717) is 28.7 Å². The molecule has 11 heteroatoms. The second kappa shape index (κ2) is 9.67. The average molecular weight is 1050 g/mol. The number of aliphatic carboxylic acids is 2. The Labute approximate surface area is 456 Å². The predicted octanol–water partition coefficient (Wildman–Crippen LogP) is 5.23. The highest BCUT2D eigenvalue weighted by atomic mass is 16.7. The van der Waals surface area contributed by atoms with Crippen molar-refractivity contribution in [1.29, 1.82) is 0 Å². The standard InChI is InChI=1S/C70H36O11/c71-59(72)35-18-25-17-31-19-30-16-24-15-26-4-2-6-37-50-36(60(73)74)20-28-8-7-27-13-22-11-23-14-29-12-21-3-1-5-32-33-9-10-34(35)42-41(33)46-51(38(21)32)62(29,76)52-39(23)43-40(22)54-56-55-44(43)45-47(52)53(46)67(48(25)42)65(31,79-67)57(45)66(30)68(55,80-66)49(24)58(61(26,37)75)63(56,77)69(50,78)70(28)64(27,54)81-70/h1-16,18-20,25,31,46-48,51,53-54,56,75-78H,17H2,(H,71,72)(H,73,74). The van der Waals surface area contributed by atoms with Gasteiger partial charge in [-0.15, -0.1) is 0 Å². The second-order valence-electron chi connectivity index (χ2n) is 28.3. The number of ether oxygens (including phenoxy) is 3. The fraction of sp³-hybridized carbons (Fsp3) is 0.286. The molecule has 3 aromatic rings. The van der Waals surface area contributed by atoms with Crippen LogP contribution in [0.4, 0.5) is 0 Å². The first-order valence-corrected chi connectivity index (χ1v) is 29.1. The largest absolute Gasteiger partial charge is 0.478 e. The molecule has 3 aromatic carbocycles. The van der Waals surface area contributed by atoms with Gasteiger partial charge in [0.2, 0.25) is 0 Å². The third-order valence-electron chi connectivity index (χ3n) is 27.3. The normalized spacial score (nSPS) is 51.0. The van der Waals surface area contributed by atoms with Crippen LogP contribution in [0.15, 0.2) is 175 Å². The minimum absolute atomic E-state index is 0.0283. The highest BCUT2D eigenvalue weighted by Gasteiger charge is 3.03. The van der Waals surface area contributed by atoms with Gasteiger partial charge in [0.15, 0.2) is 22.4 Å². The van der Waals surface area contributed by atoms with Crippen molar-refractivity contribution in [2.24, 2.45) is 29.6 Å². The van der Waals surface area contributed by atoms with E-state index in [-0.39, 0.29) is 51.9 Å². The van der Waals surface area contributed by atoms with E-state index in [2.05, 4.69) is 72.9 Å². The molecule has 6 N–H and O–H groups in total. The summed E-state index contributed by atoms with van der Waals surface area (Å²) in [6.07, 6.45) is 26.9. The maximum absolute atomic E-state index is 15.6. The second-order valence-corrected chi connectivity index (χ2v) is 28.3. The summed E-state index contributed by atoms with van der Waals surface area (Å²) in [6.45, 7) is 0. The number of carboxylic acids is 2. The Morgan fingerprint density at radius 2 is 1.51 bits per heavy atom. The van der Waals surface area contributed by atoms with Crippen molar-refractivity contribution in [2.45, 2.75) is 86.1 Å². The summed E-state index contributed by atoms with van der Waals surface area (Å²) in [5.74, 6) is -5.98. The topological polar surface area (TPSA) is 193 Å². The molecule has 27 rings (SSSR count). The first kappa shape index (κ1) is 39.0. The average Bonchev–Trinajstić information content (AvgIpc) is 1.45. The summed E-state index contributed by atoms with van der Waals surface area (Å²) in [5, 5.41) is 85.2. The lowest BCUT2D eigenvalue weighted by Gasteiger charge is -2.73. The summed E-state index contributed by atoms with van der Waals surface area (Å²) >= 11 is 0. The first-order valence-electron chi connectivity index (χ1n) is 29.1. The Bertz CT molecular complexity index is 5180. The van der Waals surface area contributed by atoms with Crippen LogP contribution in [0.5, 0.6) is 0 Å². The summed E-state index contributed by atoms with van der Waals surface area (Å²) in [5.41, 5.74) is 4.91. The van der Waals surface area contributed by atoms with Crippen molar-refractivity contribution in [3.63, 3.8) is 0 Å². The van der Waals surface area contributed by atoms with Crippen molar-refractivity contribution in [3.05, 3.63) is 230 Å². The lowest BCUT2D eigenvalue weighted by Crippen LogP contribution is -2.84. The van der Waals surface area contributed by atoms with Gasteiger partial charge in [-0.1, -0.05) is 72.9 Å². The van der Waals surface area contributed by atoms with Crippen molar-refractivity contribution < 1.29 is 54.4 Å². The maximum atomic E-state index is 15.6. The van der Waals surface area contributed by atoms with Crippen molar-refractivity contribution in [2.75, 3.05) is 0 Å². The first-order chi connectivity index (χ1) is 39.2. The Hall–Kier alpha value is -7.58. The van der Waals surface area contributed by atoms with Crippen molar-refractivity contribution >= 4 is 46.9 Å². The SMILES string of the molecule is O=C(O)C1=CC2CC3C=C4C=C5C=C6C=CC=C7C8=C(C(=O)O)C=C9C=CC%10=Cc%11cc%12c%13c%14c%11C%11C%15C%16=C%14C%14=C(C4%17OC%16%17C5=C(C67O)C%15(O)C8(O)C94OC%10%114)C34OC43C2c2c1ccc1c2C2C4c5c(cccc5-1)C=C(C=%12)C4(O)C=%13C%14C23. The molecular formula is C70H36O11. The van der Waals surface area contributed by atoms with E-state index in [1.54, 1.807) is 18.2 Å². The molecule has 0 bridgehead atoms. The molecule has 11 nitrogen and oxygen atoms in total. The molecule has 0 amide bonds. The highest BCUT2D eigenvalue weighted by Crippen LogP contribution is 2.96. The molecule has 81 heavy (non-hydrogen) atoms. The van der Waals surface area contributed by atoms with Crippen LogP contribution in [0.1, 0.15) is 74.6 Å². The van der Waals surface area contributed by atoms with E-state index in [0.717, 1.165) is 116 Å². The van der Waals surface area contributed by atoms with E-state index in [9.17, 15) is 24.9 Å². The van der Waals surface area contributed by atoms with E-state index in [4.69, 9.17) is 14.2 Å². The Kier molecular flexibility index (Phi) is 4.65. The van der Waals surface area contributed by atoms with Crippen molar-refractivity contribution in [1.82, 2.24) is 0 Å². The molecular weight excluding hydrogens is 1020 g/mol. The van der Waals surface area contributed by atoms with Crippen molar-refractivity contribution in [3.8, 4) is 11.1 Å². The van der Waals surface area contributed by atoms with E-state index < -0.39 is 91.6 Å². The van der Waals surface area contributed by atoms with Crippen LogP contribution in [-0.2, 0) is 23.8 Å². The van der Waals surface area contributed by atoms with Gasteiger partial charge < -0.3 is 44.8 Å². The molecule has 3 saturated heterocycles. The minimum atomic E-state index is -2.46. The molecule has 19 unspecified atom stereocenters. The van der Waals surface area contributed by atoms with Crippen LogP contribution < -0.4 is 10.4 Å². The van der Waals surface area contributed by atoms with Gasteiger partial charge in [0.25, 0.3) is 0 Å². The molecule has 7 fully saturated rings. The van der Waals surface area contributed by atoms with Crippen LogP contribution in [0.3, 0.4) is 0 Å². The third kappa shape index (κ3) is 2.66. The summed E-state index contributed by atoms with van der Waals surface area (Å²) in [4.78, 5) is 27.9. The molecule has 3 aliphatic heterocycles. The quantitative estimate of drug-likeness (QED) is 0.184. The summed E-state index contributed by atoms with van der Waals surface area (Å²) in [7, 11) is 0. The lowest BCUT2D eigenvalue weighted by atomic mass is 9.29. The zero-order valence-electron chi connectivity index (χ0n) is 42.1. The Balaban J connectivity index is 0.926. The van der Waals surface area contributed by atoms with Gasteiger partial charge in [-0.3, -0.25) is 0 Å². The number of benzene rings is 3. The van der Waals surface area contributed by atoms with Crippen LogP contribution >= 0.6 is 0 Å². The summed E-state index contributed by atoms with van der Waals surface area (Å²) < 4.78 is 24.3. The van der Waals surface area contributed by atoms with Gasteiger partial charge in [-0.25, -0.2) is 9.59 Å². The number of allylic oxidation sites excluding steroid dienone is 6. The van der Waals surface area contributed by atoms with E-state index in [1.807, 2.05) is 24.3 Å². The molecule has 3 heterocycles. The molecule has 4 saturated carbocycles. The number of epoxide rings is 3. The molecule has 0 aromatic heterocycles. The van der Waals surface area contributed by atoms with Crippen LogP contribution in [-0.4, -0.2) is 98.6 Å². The number of rotatable bonds is 2. The van der Waals surface area contributed by atoms with Gasteiger partial charge in [0, 0.05) is 69.6 Å². The molecule has 19 atom stereocenters. The number of carbonyl (C=O) groups is 2. The minimum Gasteiger partial charge on any atom is -0.478 e. The third-order valence-corrected chi connectivity index (χ3v) is 27.3. The molecule has 21 aliphatic carbocycles. The van der Waals surface area contributed by atoms with E-state index in [1.165, 1.54) is 0 Å². The molecule has 0 radical (unpaired) electrons. The highest BCUT2D eigenvalue weighted by molar-refractivity contribution is 6.17. The van der Waals surface area contributed by atoms with Gasteiger partial charge in [-0.05, 0) is 182 Å². The zero-order chi connectivity index (χ0) is 52.4. The Morgan fingerprint density at radius 3 is 2.38 bits per heavy atom. The number of fused-ring (bicyclic) bond motifs is 2. The smallest absolute Gasteiger partial charge is 0.336 e. The maximum Gasteiger partial charge on any atom is 0.336 e.